The van der Waals surface area contributed by atoms with Gasteiger partial charge in [-0.15, -0.1) is 0 Å². The van der Waals surface area contributed by atoms with E-state index in [1.165, 1.54) is 12.2 Å². The second kappa shape index (κ2) is 8.24. The third kappa shape index (κ3) is 4.65. The van der Waals surface area contributed by atoms with Gasteiger partial charge >= 0.3 is 5.97 Å². The zero-order chi connectivity index (χ0) is 17.5. The van der Waals surface area contributed by atoms with Gasteiger partial charge in [0.1, 0.15) is 5.75 Å². The third-order valence-corrected chi connectivity index (χ3v) is 3.22. The van der Waals surface area contributed by atoms with Crippen LogP contribution in [0.4, 0.5) is 8.78 Å². The highest BCUT2D eigenvalue weighted by atomic mass is 19.1. The zero-order valence-electron chi connectivity index (χ0n) is 13.5. The van der Waals surface area contributed by atoms with Crippen molar-refractivity contribution in [3.8, 4) is 11.5 Å². The number of hydrogen-bond acceptors (Lipinski definition) is 3. The van der Waals surface area contributed by atoms with Crippen LogP contribution in [0, 0.1) is 17.6 Å². The van der Waals surface area contributed by atoms with Crippen LogP contribution >= 0.6 is 0 Å². The number of carbonyl (C=O) groups is 1. The number of rotatable bonds is 6. The highest BCUT2D eigenvalue weighted by molar-refractivity contribution is 5.75. The molecule has 1 atom stereocenters. The Balaban J connectivity index is 2.16. The van der Waals surface area contributed by atoms with Crippen LogP contribution < -0.4 is 4.74 Å². The van der Waals surface area contributed by atoms with Crippen molar-refractivity contribution in [1.82, 2.24) is 0 Å². The van der Waals surface area contributed by atoms with Crippen LogP contribution in [0.3, 0.4) is 0 Å². The fourth-order valence-electron chi connectivity index (χ4n) is 1.99. The smallest absolute Gasteiger partial charge is 0.312 e. The lowest BCUT2D eigenvalue weighted by Crippen LogP contribution is -2.12. The van der Waals surface area contributed by atoms with Gasteiger partial charge in [-0.1, -0.05) is 30.4 Å². The SMILES string of the molecule is CCOC(=O)C(C)C=Cc1cc(F)c(Oc2ccccc2)c(F)c1. The normalized spacial score (nSPS) is 12.2. The zero-order valence-corrected chi connectivity index (χ0v) is 13.5. The van der Waals surface area contributed by atoms with Gasteiger partial charge in [0.15, 0.2) is 17.4 Å². The molecule has 0 radical (unpaired) electrons. The molecule has 0 aliphatic rings. The molecule has 24 heavy (non-hydrogen) atoms. The Morgan fingerprint density at radius 2 is 1.79 bits per heavy atom. The van der Waals surface area contributed by atoms with Crippen LogP contribution in [0.15, 0.2) is 48.5 Å². The van der Waals surface area contributed by atoms with Crippen LogP contribution in [0.2, 0.25) is 0 Å². The molecular formula is C19H18F2O3. The van der Waals surface area contributed by atoms with E-state index in [1.807, 2.05) is 0 Å². The minimum Gasteiger partial charge on any atom is -0.466 e. The van der Waals surface area contributed by atoms with E-state index in [9.17, 15) is 13.6 Å². The largest absolute Gasteiger partial charge is 0.466 e. The minimum absolute atomic E-state index is 0.284. The van der Waals surface area contributed by atoms with Crippen LogP contribution in [-0.4, -0.2) is 12.6 Å². The van der Waals surface area contributed by atoms with E-state index in [4.69, 9.17) is 9.47 Å². The van der Waals surface area contributed by atoms with Gasteiger partial charge in [0.05, 0.1) is 12.5 Å². The summed E-state index contributed by atoms with van der Waals surface area (Å²) in [4.78, 5) is 11.5. The van der Waals surface area contributed by atoms with E-state index >= 15 is 0 Å². The topological polar surface area (TPSA) is 35.5 Å². The molecule has 5 heteroatoms. The summed E-state index contributed by atoms with van der Waals surface area (Å²) in [5.74, 6) is -2.65. The predicted molar refractivity (Wildman–Crippen MR) is 87.7 cm³/mol. The van der Waals surface area contributed by atoms with Crippen LogP contribution in [0.25, 0.3) is 6.08 Å². The lowest BCUT2D eigenvalue weighted by Gasteiger charge is -2.09. The Morgan fingerprint density at radius 1 is 1.17 bits per heavy atom. The van der Waals surface area contributed by atoms with Gasteiger partial charge in [-0.05, 0) is 43.7 Å². The molecule has 2 rings (SSSR count). The number of benzene rings is 2. The van der Waals surface area contributed by atoms with Crippen molar-refractivity contribution in [2.24, 2.45) is 5.92 Å². The fourth-order valence-corrected chi connectivity index (χ4v) is 1.99. The first-order valence-corrected chi connectivity index (χ1v) is 7.58. The van der Waals surface area contributed by atoms with Crippen molar-refractivity contribution in [3.63, 3.8) is 0 Å². The van der Waals surface area contributed by atoms with Gasteiger partial charge in [0, 0.05) is 0 Å². The van der Waals surface area contributed by atoms with Crippen molar-refractivity contribution in [1.29, 1.82) is 0 Å². The number of esters is 1. The van der Waals surface area contributed by atoms with Crippen molar-refractivity contribution < 1.29 is 23.0 Å². The molecule has 126 valence electrons. The lowest BCUT2D eigenvalue weighted by atomic mass is 10.1. The van der Waals surface area contributed by atoms with Crippen molar-refractivity contribution >= 4 is 12.0 Å². The fraction of sp³-hybridized carbons (Fsp3) is 0.211. The molecule has 0 aliphatic carbocycles. The predicted octanol–water partition coefficient (Wildman–Crippen LogP) is 4.97. The summed E-state index contributed by atoms with van der Waals surface area (Å²) < 4.78 is 38.3. The van der Waals surface area contributed by atoms with Crippen LogP contribution in [0.5, 0.6) is 11.5 Å². The van der Waals surface area contributed by atoms with Crippen LogP contribution in [0.1, 0.15) is 19.4 Å². The van der Waals surface area contributed by atoms with Crippen molar-refractivity contribution in [2.45, 2.75) is 13.8 Å². The first kappa shape index (κ1) is 17.7. The molecule has 0 fully saturated rings. The van der Waals surface area contributed by atoms with E-state index in [2.05, 4.69) is 0 Å². The molecular weight excluding hydrogens is 314 g/mol. The summed E-state index contributed by atoms with van der Waals surface area (Å²) in [5, 5.41) is 0. The Bertz CT molecular complexity index is 704. The molecule has 2 aromatic rings. The van der Waals surface area contributed by atoms with Gasteiger partial charge in [0.25, 0.3) is 0 Å². The van der Waals surface area contributed by atoms with E-state index in [0.29, 0.717) is 11.3 Å². The highest BCUT2D eigenvalue weighted by Gasteiger charge is 2.14. The van der Waals surface area contributed by atoms with Gasteiger partial charge in [-0.2, -0.15) is 0 Å². The molecule has 1 unspecified atom stereocenters. The minimum atomic E-state index is -0.817. The number of para-hydroxylation sites is 1. The van der Waals surface area contributed by atoms with E-state index in [0.717, 1.165) is 12.1 Å². The van der Waals surface area contributed by atoms with E-state index in [1.54, 1.807) is 44.2 Å². The summed E-state index contributed by atoms with van der Waals surface area (Å²) in [6.45, 7) is 3.64. The molecule has 3 nitrogen and oxygen atoms in total. The maximum atomic E-state index is 14.1. The molecule has 2 aromatic carbocycles. The number of halogens is 2. The summed E-state index contributed by atoms with van der Waals surface area (Å²) in [6.07, 6.45) is 3.00. The Hall–Kier alpha value is -2.69. The first-order valence-electron chi connectivity index (χ1n) is 7.58. The number of ether oxygens (including phenoxy) is 2. The highest BCUT2D eigenvalue weighted by Crippen LogP contribution is 2.29. The first-order chi connectivity index (χ1) is 11.5. The monoisotopic (exact) mass is 332 g/mol. The average molecular weight is 332 g/mol. The summed E-state index contributed by atoms with van der Waals surface area (Å²) in [7, 11) is 0. The van der Waals surface area contributed by atoms with Gasteiger partial charge in [-0.25, -0.2) is 8.78 Å². The average Bonchev–Trinajstić information content (AvgIpc) is 2.57. The number of hydrogen-bond donors (Lipinski definition) is 0. The van der Waals surface area contributed by atoms with E-state index < -0.39 is 29.3 Å². The summed E-state index contributed by atoms with van der Waals surface area (Å²) in [6, 6.07) is 10.7. The third-order valence-electron chi connectivity index (χ3n) is 3.22. The Kier molecular flexibility index (Phi) is 6.07. The second-order valence-electron chi connectivity index (χ2n) is 5.13. The molecule has 0 aliphatic heterocycles. The molecule has 0 saturated heterocycles. The Labute approximate surface area is 139 Å². The Morgan fingerprint density at radius 3 is 2.38 bits per heavy atom. The lowest BCUT2D eigenvalue weighted by molar-refractivity contribution is -0.145. The van der Waals surface area contributed by atoms with Gasteiger partial charge in [-0.3, -0.25) is 4.79 Å². The van der Waals surface area contributed by atoms with Gasteiger partial charge in [0.2, 0.25) is 0 Å². The maximum absolute atomic E-state index is 14.1. The molecule has 0 amide bonds. The summed E-state index contributed by atoms with van der Waals surface area (Å²) in [5.41, 5.74) is 0.293. The second-order valence-corrected chi connectivity index (χ2v) is 5.13. The molecule has 0 N–H and O–H groups in total. The summed E-state index contributed by atoms with van der Waals surface area (Å²) >= 11 is 0. The van der Waals surface area contributed by atoms with Gasteiger partial charge < -0.3 is 9.47 Å². The molecule has 0 heterocycles. The van der Waals surface area contributed by atoms with Crippen molar-refractivity contribution in [3.05, 3.63) is 65.7 Å². The molecule has 0 saturated carbocycles. The molecule has 0 aromatic heterocycles. The van der Waals surface area contributed by atoms with Crippen molar-refractivity contribution in [2.75, 3.05) is 6.61 Å². The number of carbonyl (C=O) groups excluding carboxylic acids is 1. The quantitative estimate of drug-likeness (QED) is 0.701. The standard InChI is InChI=1S/C19H18F2O3/c1-3-23-19(22)13(2)9-10-14-11-16(20)18(17(21)12-14)24-15-7-5-4-6-8-15/h4-13H,3H2,1-2H3. The maximum Gasteiger partial charge on any atom is 0.312 e. The molecule has 0 bridgehead atoms. The van der Waals surface area contributed by atoms with E-state index in [-0.39, 0.29) is 6.61 Å². The van der Waals surface area contributed by atoms with Crippen LogP contribution in [-0.2, 0) is 9.53 Å². The molecule has 0 spiro atoms.